The van der Waals surface area contributed by atoms with Crippen LogP contribution in [-0.2, 0) is 11.3 Å². The number of amides is 3. The van der Waals surface area contributed by atoms with Gasteiger partial charge in [-0.3, -0.25) is 4.79 Å². The summed E-state index contributed by atoms with van der Waals surface area (Å²) < 4.78 is 6.55. The number of methoxy groups -OCH3 is 1. The highest BCUT2D eigenvalue weighted by atomic mass is 16.5. The maximum Gasteiger partial charge on any atom is 0.337 e. The van der Waals surface area contributed by atoms with Crippen molar-refractivity contribution in [2.45, 2.75) is 6.54 Å². The van der Waals surface area contributed by atoms with Gasteiger partial charge in [0.2, 0.25) is 0 Å². The lowest BCUT2D eigenvalue weighted by atomic mass is 10.2. The molecule has 0 radical (unpaired) electrons. The van der Waals surface area contributed by atoms with Crippen LogP contribution in [0.25, 0.3) is 11.0 Å². The molecule has 1 aromatic heterocycles. The zero-order chi connectivity index (χ0) is 21.7. The predicted molar refractivity (Wildman–Crippen MR) is 113 cm³/mol. The molecule has 9 nitrogen and oxygen atoms in total. The molecule has 0 fully saturated rings. The van der Waals surface area contributed by atoms with Crippen molar-refractivity contribution in [2.75, 3.05) is 33.1 Å². The fraction of sp³-hybridized carbons (Fsp3) is 0.238. The van der Waals surface area contributed by atoms with Gasteiger partial charge in [0.15, 0.2) is 0 Å². The number of hydrogen-bond acceptors (Lipinski definition) is 5. The number of fused-ring (bicyclic) bond motifs is 1. The SMILES string of the molecule is COC(=O)c1ccc(NC(=O)NCCn2cnc3cc(C(=O)N(C)C)ccc32)cc1. The molecule has 0 aliphatic heterocycles. The van der Waals surface area contributed by atoms with Crippen molar-refractivity contribution in [2.24, 2.45) is 0 Å². The molecule has 0 aliphatic carbocycles. The highest BCUT2D eigenvalue weighted by Gasteiger charge is 2.11. The van der Waals surface area contributed by atoms with E-state index in [4.69, 9.17) is 0 Å². The lowest BCUT2D eigenvalue weighted by molar-refractivity contribution is 0.0600. The second kappa shape index (κ2) is 9.08. The molecule has 30 heavy (non-hydrogen) atoms. The summed E-state index contributed by atoms with van der Waals surface area (Å²) in [5.41, 5.74) is 3.15. The van der Waals surface area contributed by atoms with Crippen molar-refractivity contribution >= 4 is 34.6 Å². The van der Waals surface area contributed by atoms with Gasteiger partial charge in [-0.2, -0.15) is 0 Å². The minimum atomic E-state index is -0.434. The Morgan fingerprint density at radius 1 is 1.07 bits per heavy atom. The van der Waals surface area contributed by atoms with Crippen LogP contribution >= 0.6 is 0 Å². The smallest absolute Gasteiger partial charge is 0.337 e. The number of hydrogen-bond donors (Lipinski definition) is 2. The Labute approximate surface area is 173 Å². The van der Waals surface area contributed by atoms with Crippen LogP contribution < -0.4 is 10.6 Å². The molecule has 0 saturated heterocycles. The van der Waals surface area contributed by atoms with Gasteiger partial charge < -0.3 is 24.8 Å². The van der Waals surface area contributed by atoms with Crippen molar-refractivity contribution in [3.63, 3.8) is 0 Å². The van der Waals surface area contributed by atoms with Crippen LogP contribution in [0.1, 0.15) is 20.7 Å². The van der Waals surface area contributed by atoms with E-state index in [0.29, 0.717) is 29.9 Å². The summed E-state index contributed by atoms with van der Waals surface area (Å²) >= 11 is 0. The Balaban J connectivity index is 1.54. The Hall–Kier alpha value is -3.88. The number of anilines is 1. The Morgan fingerprint density at radius 3 is 2.43 bits per heavy atom. The normalized spacial score (nSPS) is 10.5. The first kappa shape index (κ1) is 20.8. The molecule has 3 amide bonds. The molecule has 1 heterocycles. The number of benzene rings is 2. The summed E-state index contributed by atoms with van der Waals surface area (Å²) in [4.78, 5) is 41.4. The van der Waals surface area contributed by atoms with Crippen molar-refractivity contribution in [3.05, 3.63) is 59.9 Å². The van der Waals surface area contributed by atoms with E-state index in [1.54, 1.807) is 56.8 Å². The Morgan fingerprint density at radius 2 is 1.77 bits per heavy atom. The summed E-state index contributed by atoms with van der Waals surface area (Å²) in [7, 11) is 4.72. The van der Waals surface area contributed by atoms with E-state index in [-0.39, 0.29) is 11.9 Å². The summed E-state index contributed by atoms with van der Waals surface area (Å²) in [5.74, 6) is -0.513. The number of aromatic nitrogens is 2. The Bertz CT molecular complexity index is 1070. The molecule has 2 N–H and O–H groups in total. The third-order valence-corrected chi connectivity index (χ3v) is 4.48. The molecule has 2 aromatic carbocycles. The van der Waals surface area contributed by atoms with E-state index < -0.39 is 5.97 Å². The number of ether oxygens (including phenoxy) is 1. The zero-order valence-corrected chi connectivity index (χ0v) is 17.0. The molecule has 0 unspecified atom stereocenters. The first-order chi connectivity index (χ1) is 14.4. The van der Waals surface area contributed by atoms with Crippen molar-refractivity contribution in [3.8, 4) is 0 Å². The summed E-state index contributed by atoms with van der Waals surface area (Å²) in [6.45, 7) is 0.905. The van der Waals surface area contributed by atoms with Gasteiger partial charge in [0, 0.05) is 38.4 Å². The van der Waals surface area contributed by atoms with Crippen LogP contribution in [0.3, 0.4) is 0 Å². The van der Waals surface area contributed by atoms with Gasteiger partial charge >= 0.3 is 12.0 Å². The number of nitrogens with one attached hydrogen (secondary N) is 2. The number of rotatable bonds is 6. The number of carbonyl (C=O) groups is 3. The third kappa shape index (κ3) is 4.75. The minimum Gasteiger partial charge on any atom is -0.465 e. The topological polar surface area (TPSA) is 106 Å². The summed E-state index contributed by atoms with van der Waals surface area (Å²) in [5, 5.41) is 5.48. The van der Waals surface area contributed by atoms with Gasteiger partial charge in [-0.15, -0.1) is 0 Å². The second-order valence-electron chi connectivity index (χ2n) is 6.79. The number of esters is 1. The molecule has 0 bridgehead atoms. The van der Waals surface area contributed by atoms with Gasteiger partial charge in [-0.25, -0.2) is 14.6 Å². The first-order valence-electron chi connectivity index (χ1n) is 9.29. The molecule has 0 spiro atoms. The highest BCUT2D eigenvalue weighted by Crippen LogP contribution is 2.16. The zero-order valence-electron chi connectivity index (χ0n) is 17.0. The predicted octanol–water partition coefficient (Wildman–Crippen LogP) is 2.35. The largest absolute Gasteiger partial charge is 0.465 e. The molecule has 3 rings (SSSR count). The van der Waals surface area contributed by atoms with Gasteiger partial charge in [-0.1, -0.05) is 0 Å². The minimum absolute atomic E-state index is 0.0793. The lowest BCUT2D eigenvalue weighted by Crippen LogP contribution is -2.31. The quantitative estimate of drug-likeness (QED) is 0.608. The van der Waals surface area contributed by atoms with E-state index in [0.717, 1.165) is 11.0 Å². The second-order valence-corrected chi connectivity index (χ2v) is 6.79. The summed E-state index contributed by atoms with van der Waals surface area (Å²) in [6.07, 6.45) is 1.68. The van der Waals surface area contributed by atoms with Crippen LogP contribution in [0, 0.1) is 0 Å². The average Bonchev–Trinajstić information content (AvgIpc) is 3.15. The van der Waals surface area contributed by atoms with E-state index in [2.05, 4.69) is 20.4 Å². The van der Waals surface area contributed by atoms with Gasteiger partial charge in [0.05, 0.1) is 30.0 Å². The first-order valence-corrected chi connectivity index (χ1v) is 9.29. The molecule has 9 heteroatoms. The van der Waals surface area contributed by atoms with Crippen LogP contribution in [0.2, 0.25) is 0 Å². The molecule has 0 aliphatic rings. The fourth-order valence-electron chi connectivity index (χ4n) is 2.91. The standard InChI is InChI=1S/C21H23N5O4/c1-25(2)19(27)15-6-9-18-17(12-15)23-13-26(18)11-10-22-21(29)24-16-7-4-14(5-8-16)20(28)30-3/h4-9,12-13H,10-11H2,1-3H3,(H2,22,24,29). The fourth-order valence-corrected chi connectivity index (χ4v) is 2.91. The monoisotopic (exact) mass is 409 g/mol. The number of carbonyl (C=O) groups excluding carboxylic acids is 3. The lowest BCUT2D eigenvalue weighted by Gasteiger charge is -2.11. The summed E-state index contributed by atoms with van der Waals surface area (Å²) in [6, 6.07) is 11.4. The van der Waals surface area contributed by atoms with Crippen LogP contribution in [0.4, 0.5) is 10.5 Å². The van der Waals surface area contributed by atoms with E-state index >= 15 is 0 Å². The van der Waals surface area contributed by atoms with Crippen LogP contribution in [0.5, 0.6) is 0 Å². The molecular weight excluding hydrogens is 386 g/mol. The van der Waals surface area contributed by atoms with Gasteiger partial charge in [0.1, 0.15) is 0 Å². The number of urea groups is 1. The van der Waals surface area contributed by atoms with Crippen molar-refractivity contribution < 1.29 is 19.1 Å². The number of nitrogens with zero attached hydrogens (tertiary/aromatic N) is 3. The van der Waals surface area contributed by atoms with Gasteiger partial charge in [0.25, 0.3) is 5.91 Å². The van der Waals surface area contributed by atoms with Crippen LogP contribution in [0.15, 0.2) is 48.8 Å². The van der Waals surface area contributed by atoms with Crippen LogP contribution in [-0.4, -0.2) is 60.1 Å². The van der Waals surface area contributed by atoms with E-state index in [1.165, 1.54) is 12.0 Å². The molecular formula is C21H23N5O4. The molecule has 0 atom stereocenters. The third-order valence-electron chi connectivity index (χ3n) is 4.48. The Kier molecular flexibility index (Phi) is 6.31. The maximum absolute atomic E-state index is 12.1. The average molecular weight is 409 g/mol. The highest BCUT2D eigenvalue weighted by molar-refractivity contribution is 5.97. The van der Waals surface area contributed by atoms with E-state index in [9.17, 15) is 14.4 Å². The van der Waals surface area contributed by atoms with Crippen molar-refractivity contribution in [1.82, 2.24) is 19.8 Å². The molecule has 156 valence electrons. The van der Waals surface area contributed by atoms with Crippen molar-refractivity contribution in [1.29, 1.82) is 0 Å². The van der Waals surface area contributed by atoms with E-state index in [1.807, 2.05) is 10.6 Å². The maximum atomic E-state index is 12.1. The number of imidazole rings is 1. The molecule has 3 aromatic rings. The van der Waals surface area contributed by atoms with Gasteiger partial charge in [-0.05, 0) is 42.5 Å². The molecule has 0 saturated carbocycles.